The summed E-state index contributed by atoms with van der Waals surface area (Å²) >= 11 is 2.88. The van der Waals surface area contributed by atoms with Crippen LogP contribution in [0.3, 0.4) is 0 Å². The van der Waals surface area contributed by atoms with Gasteiger partial charge < -0.3 is 5.73 Å². The molecular formula is C7H8N4S2. The molecule has 2 heterocycles. The summed E-state index contributed by atoms with van der Waals surface area (Å²) in [5.41, 5.74) is 9.54. The van der Waals surface area contributed by atoms with Crippen LogP contribution in [0.25, 0.3) is 0 Å². The molecular weight excluding hydrogens is 204 g/mol. The number of rotatable bonds is 2. The Hall–Kier alpha value is -0.850. The van der Waals surface area contributed by atoms with Gasteiger partial charge in [-0.25, -0.2) is 4.98 Å². The zero-order valence-electron chi connectivity index (χ0n) is 6.97. The van der Waals surface area contributed by atoms with Gasteiger partial charge in [-0.15, -0.1) is 16.4 Å². The van der Waals surface area contributed by atoms with Gasteiger partial charge in [0.2, 0.25) is 0 Å². The minimum atomic E-state index is -0.175. The van der Waals surface area contributed by atoms with Gasteiger partial charge in [-0.05, 0) is 18.5 Å². The van der Waals surface area contributed by atoms with E-state index in [2.05, 4.69) is 14.6 Å². The number of nitrogens with zero attached hydrogens (tertiary/aromatic N) is 3. The van der Waals surface area contributed by atoms with E-state index in [9.17, 15) is 0 Å². The predicted octanol–water partition coefficient (Wildman–Crippen LogP) is 1.35. The van der Waals surface area contributed by atoms with E-state index in [1.807, 2.05) is 12.3 Å². The molecule has 0 saturated carbocycles. The van der Waals surface area contributed by atoms with E-state index < -0.39 is 0 Å². The molecule has 0 radical (unpaired) electrons. The normalized spacial score (nSPS) is 13.1. The highest BCUT2D eigenvalue weighted by Crippen LogP contribution is 2.23. The second-order valence-corrected chi connectivity index (χ2v) is 4.12. The maximum absolute atomic E-state index is 5.98. The minimum Gasteiger partial charge on any atom is -0.318 e. The van der Waals surface area contributed by atoms with Gasteiger partial charge >= 0.3 is 0 Å². The number of thiazole rings is 1. The van der Waals surface area contributed by atoms with Crippen molar-refractivity contribution in [2.24, 2.45) is 5.73 Å². The van der Waals surface area contributed by atoms with Gasteiger partial charge in [0.15, 0.2) is 0 Å². The van der Waals surface area contributed by atoms with E-state index in [-0.39, 0.29) is 6.04 Å². The Morgan fingerprint density at radius 2 is 2.38 bits per heavy atom. The Balaban J connectivity index is 2.33. The molecule has 0 amide bonds. The molecule has 2 aromatic rings. The zero-order valence-corrected chi connectivity index (χ0v) is 8.60. The highest BCUT2D eigenvalue weighted by molar-refractivity contribution is 7.07. The maximum atomic E-state index is 5.98. The zero-order chi connectivity index (χ0) is 9.26. The summed E-state index contributed by atoms with van der Waals surface area (Å²) < 4.78 is 3.84. The van der Waals surface area contributed by atoms with E-state index in [0.29, 0.717) is 0 Å². The summed E-state index contributed by atoms with van der Waals surface area (Å²) in [5, 5.41) is 5.86. The smallest absolute Gasteiger partial charge is 0.0863 e. The van der Waals surface area contributed by atoms with Crippen molar-refractivity contribution in [2.45, 2.75) is 13.0 Å². The van der Waals surface area contributed by atoms with Crippen LogP contribution in [0, 0.1) is 6.92 Å². The van der Waals surface area contributed by atoms with E-state index in [4.69, 9.17) is 5.73 Å². The molecule has 2 rings (SSSR count). The van der Waals surface area contributed by atoms with E-state index in [1.54, 1.807) is 16.8 Å². The Morgan fingerprint density at radius 1 is 1.54 bits per heavy atom. The van der Waals surface area contributed by atoms with Gasteiger partial charge in [-0.2, -0.15) is 0 Å². The van der Waals surface area contributed by atoms with Gasteiger partial charge in [0.1, 0.15) is 0 Å². The Labute approximate surface area is 83.6 Å². The lowest BCUT2D eigenvalue weighted by molar-refractivity contribution is 0.843. The third kappa shape index (κ3) is 1.60. The maximum Gasteiger partial charge on any atom is 0.0863 e. The lowest BCUT2D eigenvalue weighted by Crippen LogP contribution is -2.11. The van der Waals surface area contributed by atoms with Crippen molar-refractivity contribution in [3.8, 4) is 0 Å². The first-order valence-corrected chi connectivity index (χ1v) is 5.43. The number of hydrogen-bond acceptors (Lipinski definition) is 6. The van der Waals surface area contributed by atoms with Crippen LogP contribution >= 0.6 is 22.9 Å². The van der Waals surface area contributed by atoms with E-state index in [1.165, 1.54) is 11.5 Å². The Morgan fingerprint density at radius 3 is 2.92 bits per heavy atom. The van der Waals surface area contributed by atoms with Gasteiger partial charge in [-0.1, -0.05) is 4.49 Å². The molecule has 0 aromatic carbocycles. The molecule has 0 saturated heterocycles. The standard InChI is InChI=1S/C7H8N4S2/c1-4-7(13-11-10-4)6(8)5-2-12-3-9-5/h2-3,6H,8H2,1H3. The first-order chi connectivity index (χ1) is 6.29. The van der Waals surface area contributed by atoms with Crippen LogP contribution in [0.2, 0.25) is 0 Å². The molecule has 6 heteroatoms. The molecule has 2 N–H and O–H groups in total. The van der Waals surface area contributed by atoms with Gasteiger partial charge in [0, 0.05) is 5.38 Å². The molecule has 0 aliphatic carbocycles. The van der Waals surface area contributed by atoms with Crippen molar-refractivity contribution in [1.29, 1.82) is 0 Å². The molecule has 2 aromatic heterocycles. The molecule has 0 bridgehead atoms. The van der Waals surface area contributed by atoms with Crippen molar-refractivity contribution in [1.82, 2.24) is 14.6 Å². The molecule has 1 atom stereocenters. The fourth-order valence-corrected chi connectivity index (χ4v) is 2.28. The van der Waals surface area contributed by atoms with Crippen LogP contribution < -0.4 is 5.73 Å². The topological polar surface area (TPSA) is 64.7 Å². The molecule has 0 fully saturated rings. The number of aryl methyl sites for hydroxylation is 1. The predicted molar refractivity (Wildman–Crippen MR) is 52.8 cm³/mol. The van der Waals surface area contributed by atoms with E-state index >= 15 is 0 Å². The second kappa shape index (κ2) is 3.49. The molecule has 0 aliphatic heterocycles. The quantitative estimate of drug-likeness (QED) is 0.816. The van der Waals surface area contributed by atoms with Crippen molar-refractivity contribution >= 4 is 22.9 Å². The highest BCUT2D eigenvalue weighted by Gasteiger charge is 2.16. The molecule has 4 nitrogen and oxygen atoms in total. The summed E-state index contributed by atoms with van der Waals surface area (Å²) in [7, 11) is 0. The first-order valence-electron chi connectivity index (χ1n) is 3.71. The molecule has 68 valence electrons. The number of aromatic nitrogens is 3. The van der Waals surface area contributed by atoms with E-state index in [0.717, 1.165) is 16.3 Å². The van der Waals surface area contributed by atoms with Gasteiger partial charge in [-0.3, -0.25) is 0 Å². The summed E-state index contributed by atoms with van der Waals surface area (Å²) in [4.78, 5) is 5.15. The van der Waals surface area contributed by atoms with Crippen LogP contribution in [0.5, 0.6) is 0 Å². The van der Waals surface area contributed by atoms with Gasteiger partial charge in [0.25, 0.3) is 0 Å². The Bertz CT molecular complexity index is 381. The minimum absolute atomic E-state index is 0.175. The SMILES string of the molecule is Cc1nnsc1C(N)c1cscn1. The van der Waals surface area contributed by atoms with Crippen molar-refractivity contribution in [2.75, 3.05) is 0 Å². The first kappa shape index (κ1) is 8.74. The van der Waals surface area contributed by atoms with Crippen molar-refractivity contribution < 1.29 is 0 Å². The highest BCUT2D eigenvalue weighted by atomic mass is 32.1. The number of nitrogens with two attached hydrogens (primary N) is 1. The average Bonchev–Trinajstić information content (AvgIpc) is 2.72. The molecule has 13 heavy (non-hydrogen) atoms. The third-order valence-corrected chi connectivity index (χ3v) is 3.25. The van der Waals surface area contributed by atoms with Crippen LogP contribution in [0.4, 0.5) is 0 Å². The Kier molecular flexibility index (Phi) is 2.34. The third-order valence-electron chi connectivity index (χ3n) is 1.74. The van der Waals surface area contributed by atoms with Crippen molar-refractivity contribution in [3.63, 3.8) is 0 Å². The van der Waals surface area contributed by atoms with Crippen LogP contribution in [0.1, 0.15) is 22.3 Å². The van der Waals surface area contributed by atoms with Crippen LogP contribution in [-0.4, -0.2) is 14.6 Å². The molecule has 1 unspecified atom stereocenters. The summed E-state index contributed by atoms with van der Waals surface area (Å²) in [6.45, 7) is 1.91. The summed E-state index contributed by atoms with van der Waals surface area (Å²) in [6.07, 6.45) is 0. The van der Waals surface area contributed by atoms with Gasteiger partial charge in [0.05, 0.1) is 27.8 Å². The average molecular weight is 212 g/mol. The monoisotopic (exact) mass is 212 g/mol. The lowest BCUT2D eigenvalue weighted by atomic mass is 10.2. The molecule has 0 aliphatic rings. The largest absolute Gasteiger partial charge is 0.318 e. The lowest BCUT2D eigenvalue weighted by Gasteiger charge is -2.04. The van der Waals surface area contributed by atoms with Crippen LogP contribution in [-0.2, 0) is 0 Å². The van der Waals surface area contributed by atoms with Crippen LogP contribution in [0.15, 0.2) is 10.9 Å². The number of hydrogen-bond donors (Lipinski definition) is 1. The summed E-state index contributed by atoms with van der Waals surface area (Å²) in [6, 6.07) is -0.175. The van der Waals surface area contributed by atoms with Crippen molar-refractivity contribution in [3.05, 3.63) is 27.2 Å². The second-order valence-electron chi connectivity index (χ2n) is 2.61. The summed E-state index contributed by atoms with van der Waals surface area (Å²) in [5.74, 6) is 0. The fourth-order valence-electron chi connectivity index (χ4n) is 1.03. The molecule has 0 spiro atoms. The fraction of sp³-hybridized carbons (Fsp3) is 0.286.